The predicted molar refractivity (Wildman–Crippen MR) is 68.4 cm³/mol. The van der Waals surface area contributed by atoms with Gasteiger partial charge in [-0.1, -0.05) is 0 Å². The van der Waals surface area contributed by atoms with E-state index in [2.05, 4.69) is 0 Å². The van der Waals surface area contributed by atoms with Crippen LogP contribution in [0.15, 0.2) is 18.2 Å². The molecule has 0 aromatic heterocycles. The maximum atomic E-state index is 13.5. The van der Waals surface area contributed by atoms with Gasteiger partial charge in [-0.3, -0.25) is 4.79 Å². The second-order valence-electron chi connectivity index (χ2n) is 5.69. The van der Waals surface area contributed by atoms with Crippen molar-refractivity contribution in [1.82, 2.24) is 4.90 Å². The Hall–Kier alpha value is -1.49. The van der Waals surface area contributed by atoms with Crippen molar-refractivity contribution >= 4 is 5.91 Å². The zero-order chi connectivity index (χ0) is 14.2. The molecule has 1 aliphatic heterocycles. The minimum Gasteiger partial charge on any atom is -0.336 e. The summed E-state index contributed by atoms with van der Waals surface area (Å²) in [7, 11) is 0. The van der Waals surface area contributed by atoms with Crippen LogP contribution in [0.3, 0.4) is 0 Å². The molecule has 5 heteroatoms. The van der Waals surface area contributed by atoms with Gasteiger partial charge in [0.2, 0.25) is 5.91 Å². The van der Waals surface area contributed by atoms with Gasteiger partial charge in [-0.2, -0.15) is 0 Å². The van der Waals surface area contributed by atoms with Crippen LogP contribution in [-0.2, 0) is 11.2 Å². The largest absolute Gasteiger partial charge is 0.336 e. The molecule has 3 nitrogen and oxygen atoms in total. The standard InChI is InChI=1S/C14H18F2N2O/c1-14(2)7-11(17)8-18(14)13(19)6-9-5-10(15)3-4-12(9)16/h3-5,11H,6-8,17H2,1-2H3. The Bertz CT molecular complexity index is 502. The Labute approximate surface area is 111 Å². The first-order valence-electron chi connectivity index (χ1n) is 6.29. The molecule has 0 bridgehead atoms. The number of hydrogen-bond donors (Lipinski definition) is 1. The molecule has 1 heterocycles. The van der Waals surface area contributed by atoms with Gasteiger partial charge in [0.05, 0.1) is 6.42 Å². The Morgan fingerprint density at radius 2 is 2.16 bits per heavy atom. The number of carbonyl (C=O) groups is 1. The lowest BCUT2D eigenvalue weighted by molar-refractivity contribution is -0.133. The van der Waals surface area contributed by atoms with Crippen molar-refractivity contribution in [3.05, 3.63) is 35.4 Å². The molecule has 1 fully saturated rings. The lowest BCUT2D eigenvalue weighted by Crippen LogP contribution is -2.43. The van der Waals surface area contributed by atoms with Gasteiger partial charge < -0.3 is 10.6 Å². The fraction of sp³-hybridized carbons (Fsp3) is 0.500. The first kappa shape index (κ1) is 13.9. The van der Waals surface area contributed by atoms with E-state index in [1.807, 2.05) is 13.8 Å². The second kappa shape index (κ2) is 4.89. The van der Waals surface area contributed by atoms with Gasteiger partial charge in [0, 0.05) is 23.7 Å². The number of benzene rings is 1. The van der Waals surface area contributed by atoms with E-state index in [1.54, 1.807) is 4.90 Å². The van der Waals surface area contributed by atoms with E-state index in [0.29, 0.717) is 13.0 Å². The molecular formula is C14H18F2N2O. The molecule has 1 amide bonds. The predicted octanol–water partition coefficient (Wildman–Crippen LogP) is 1.85. The topological polar surface area (TPSA) is 46.3 Å². The molecule has 104 valence electrons. The van der Waals surface area contributed by atoms with Crippen LogP contribution in [0.4, 0.5) is 8.78 Å². The summed E-state index contributed by atoms with van der Waals surface area (Å²) in [5, 5.41) is 0. The Balaban J connectivity index is 2.15. The van der Waals surface area contributed by atoms with Gasteiger partial charge in [-0.15, -0.1) is 0 Å². The molecule has 1 aromatic rings. The molecule has 1 atom stereocenters. The summed E-state index contributed by atoms with van der Waals surface area (Å²) in [5.74, 6) is -1.32. The summed E-state index contributed by atoms with van der Waals surface area (Å²) in [6.07, 6.45) is 0.574. The van der Waals surface area contributed by atoms with Crippen molar-refractivity contribution in [2.24, 2.45) is 5.73 Å². The molecule has 0 saturated carbocycles. The van der Waals surface area contributed by atoms with Crippen LogP contribution < -0.4 is 5.73 Å². The maximum absolute atomic E-state index is 13.5. The highest BCUT2D eigenvalue weighted by Gasteiger charge is 2.39. The highest BCUT2D eigenvalue weighted by atomic mass is 19.1. The first-order valence-corrected chi connectivity index (χ1v) is 6.29. The minimum atomic E-state index is -0.559. The number of halogens is 2. The van der Waals surface area contributed by atoms with Crippen molar-refractivity contribution in [2.45, 2.75) is 38.3 Å². The molecular weight excluding hydrogens is 250 g/mol. The van der Waals surface area contributed by atoms with Gasteiger partial charge in [0.1, 0.15) is 11.6 Å². The van der Waals surface area contributed by atoms with Crippen molar-refractivity contribution < 1.29 is 13.6 Å². The molecule has 1 saturated heterocycles. The molecule has 2 rings (SSSR count). The third-order valence-corrected chi connectivity index (χ3v) is 3.56. The van der Waals surface area contributed by atoms with E-state index < -0.39 is 11.6 Å². The maximum Gasteiger partial charge on any atom is 0.227 e. The van der Waals surface area contributed by atoms with Crippen LogP contribution in [0.2, 0.25) is 0 Å². The third kappa shape index (κ3) is 2.92. The molecule has 1 unspecified atom stereocenters. The Morgan fingerprint density at radius 1 is 1.47 bits per heavy atom. The number of rotatable bonds is 2. The number of carbonyl (C=O) groups excluding carboxylic acids is 1. The summed E-state index contributed by atoms with van der Waals surface area (Å²) in [4.78, 5) is 13.9. The molecule has 0 radical (unpaired) electrons. The summed E-state index contributed by atoms with van der Waals surface area (Å²) >= 11 is 0. The highest BCUT2D eigenvalue weighted by Crippen LogP contribution is 2.28. The van der Waals surface area contributed by atoms with E-state index in [0.717, 1.165) is 18.2 Å². The zero-order valence-electron chi connectivity index (χ0n) is 11.1. The van der Waals surface area contributed by atoms with Gasteiger partial charge in [0.15, 0.2) is 0 Å². The van der Waals surface area contributed by atoms with E-state index in [9.17, 15) is 13.6 Å². The molecule has 0 spiro atoms. The summed E-state index contributed by atoms with van der Waals surface area (Å²) in [6.45, 7) is 4.32. The normalized spacial score (nSPS) is 21.7. The molecule has 1 aromatic carbocycles. The van der Waals surface area contributed by atoms with Gasteiger partial charge in [-0.05, 0) is 38.5 Å². The smallest absolute Gasteiger partial charge is 0.227 e. The van der Waals surface area contributed by atoms with Crippen LogP contribution >= 0.6 is 0 Å². The lowest BCUT2D eigenvalue weighted by Gasteiger charge is -2.31. The van der Waals surface area contributed by atoms with E-state index in [4.69, 9.17) is 5.73 Å². The monoisotopic (exact) mass is 268 g/mol. The number of hydrogen-bond acceptors (Lipinski definition) is 2. The Kier molecular flexibility index (Phi) is 3.58. The van der Waals surface area contributed by atoms with Crippen LogP contribution in [0.5, 0.6) is 0 Å². The van der Waals surface area contributed by atoms with E-state index in [1.165, 1.54) is 0 Å². The fourth-order valence-electron chi connectivity index (χ4n) is 2.67. The van der Waals surface area contributed by atoms with Crippen LogP contribution in [0.25, 0.3) is 0 Å². The van der Waals surface area contributed by atoms with Crippen molar-refractivity contribution in [1.29, 1.82) is 0 Å². The summed E-state index contributed by atoms with van der Waals surface area (Å²) < 4.78 is 26.6. The second-order valence-corrected chi connectivity index (χ2v) is 5.69. The highest BCUT2D eigenvalue weighted by molar-refractivity contribution is 5.80. The number of likely N-dealkylation sites (tertiary alicyclic amines) is 1. The Morgan fingerprint density at radius 3 is 2.74 bits per heavy atom. The number of nitrogens with two attached hydrogens (primary N) is 1. The van der Waals surface area contributed by atoms with Crippen LogP contribution in [-0.4, -0.2) is 28.9 Å². The van der Waals surface area contributed by atoms with Crippen molar-refractivity contribution in [2.75, 3.05) is 6.54 Å². The van der Waals surface area contributed by atoms with E-state index in [-0.39, 0.29) is 29.5 Å². The zero-order valence-corrected chi connectivity index (χ0v) is 11.1. The molecule has 1 aliphatic rings. The van der Waals surface area contributed by atoms with Crippen LogP contribution in [0, 0.1) is 11.6 Å². The quantitative estimate of drug-likeness (QED) is 0.889. The van der Waals surface area contributed by atoms with Crippen LogP contribution in [0.1, 0.15) is 25.8 Å². The van der Waals surface area contributed by atoms with Gasteiger partial charge in [0.25, 0.3) is 0 Å². The molecule has 2 N–H and O–H groups in total. The average Bonchev–Trinajstić information content (AvgIpc) is 2.57. The lowest BCUT2D eigenvalue weighted by atomic mass is 10.00. The number of nitrogens with zero attached hydrogens (tertiary/aromatic N) is 1. The van der Waals surface area contributed by atoms with Gasteiger partial charge >= 0.3 is 0 Å². The third-order valence-electron chi connectivity index (χ3n) is 3.56. The average molecular weight is 268 g/mol. The van der Waals surface area contributed by atoms with E-state index >= 15 is 0 Å². The fourth-order valence-corrected chi connectivity index (χ4v) is 2.67. The van der Waals surface area contributed by atoms with Gasteiger partial charge in [-0.25, -0.2) is 8.78 Å². The summed E-state index contributed by atoms with van der Waals surface area (Å²) in [6, 6.07) is 3.09. The first-order chi connectivity index (χ1) is 8.79. The summed E-state index contributed by atoms with van der Waals surface area (Å²) in [5.41, 5.74) is 5.61. The van der Waals surface area contributed by atoms with Crippen molar-refractivity contribution in [3.8, 4) is 0 Å². The van der Waals surface area contributed by atoms with Crippen molar-refractivity contribution in [3.63, 3.8) is 0 Å². The number of amides is 1. The SMILES string of the molecule is CC1(C)CC(N)CN1C(=O)Cc1cc(F)ccc1F. The molecule has 0 aliphatic carbocycles. The minimum absolute atomic E-state index is 0.0590. The molecule has 19 heavy (non-hydrogen) atoms.